The third-order valence-electron chi connectivity index (χ3n) is 7.58. The third-order valence-corrected chi connectivity index (χ3v) is 7.58. The van der Waals surface area contributed by atoms with Gasteiger partial charge in [-0.05, 0) is 64.9 Å². The molecule has 5 aromatic carbocycles. The van der Waals surface area contributed by atoms with Gasteiger partial charge in [-0.3, -0.25) is 0 Å². The van der Waals surface area contributed by atoms with Gasteiger partial charge >= 0.3 is 0 Å². The highest BCUT2D eigenvalue weighted by atomic mass is 15.4. The van der Waals surface area contributed by atoms with Gasteiger partial charge in [-0.25, -0.2) is 4.68 Å². The van der Waals surface area contributed by atoms with Crippen LogP contribution in [-0.4, -0.2) is 16.8 Å². The Morgan fingerprint density at radius 3 is 1.58 bits per heavy atom. The first kappa shape index (κ1) is 23.7. The zero-order chi connectivity index (χ0) is 26.1. The smallest absolute Gasteiger partial charge is 0.155 e. The number of hydrogen-bond donors (Lipinski definition) is 1. The second-order valence-electron chi connectivity index (χ2n) is 9.82. The van der Waals surface area contributed by atoms with Gasteiger partial charge in [0.1, 0.15) is 5.54 Å². The van der Waals surface area contributed by atoms with Gasteiger partial charge in [-0.2, -0.15) is 5.10 Å². The van der Waals surface area contributed by atoms with Gasteiger partial charge in [-0.1, -0.05) is 115 Å². The van der Waals surface area contributed by atoms with E-state index in [9.17, 15) is 0 Å². The Labute approximate surface area is 224 Å². The predicted octanol–water partition coefficient (Wildman–Crippen LogP) is 8.20. The molecule has 0 saturated carbocycles. The zero-order valence-electron chi connectivity index (χ0n) is 22.0. The quantitative estimate of drug-likeness (QED) is 0.237. The lowest BCUT2D eigenvalue weighted by Gasteiger charge is -2.37. The maximum Gasteiger partial charge on any atom is 0.155 e. The fourth-order valence-electron chi connectivity index (χ4n) is 5.89. The van der Waals surface area contributed by atoms with Gasteiger partial charge in [0.15, 0.2) is 5.82 Å². The van der Waals surface area contributed by atoms with E-state index >= 15 is 0 Å². The van der Waals surface area contributed by atoms with Crippen LogP contribution in [0, 0.1) is 13.8 Å². The topological polar surface area (TPSA) is 29.9 Å². The van der Waals surface area contributed by atoms with Crippen LogP contribution in [0.4, 0.5) is 5.82 Å². The first-order valence-corrected chi connectivity index (χ1v) is 13.1. The summed E-state index contributed by atoms with van der Waals surface area (Å²) in [7, 11) is 1.95. The van der Waals surface area contributed by atoms with Gasteiger partial charge in [-0.15, -0.1) is 0 Å². The lowest BCUT2D eigenvalue weighted by molar-refractivity contribution is 0.477. The third kappa shape index (κ3) is 3.71. The Bertz CT molecular complexity index is 1580. The number of rotatable bonds is 6. The number of nitrogens with zero attached hydrogens (tertiary/aromatic N) is 2. The molecular formula is C35H31N3. The molecule has 0 bridgehead atoms. The molecule has 186 valence electrons. The average Bonchev–Trinajstić information content (AvgIpc) is 3.33. The van der Waals surface area contributed by atoms with Crippen LogP contribution in [0.15, 0.2) is 127 Å². The summed E-state index contributed by atoms with van der Waals surface area (Å²) in [5, 5.41) is 9.78. The first-order chi connectivity index (χ1) is 18.6. The molecule has 1 aromatic heterocycles. The van der Waals surface area contributed by atoms with Crippen molar-refractivity contribution in [3.8, 4) is 11.1 Å². The second kappa shape index (κ2) is 9.68. The standard InChI is InChI=1S/C35H31N3/c1-25-14-13-15-26(2)33(25)27-22-23-32-31(24-27)34(36-3)37-38(32)35(28-16-7-4-8-17-28,29-18-9-5-10-19-29)30-20-11-6-12-21-30/h4-24H,1-3H3,(H,36,37). The number of hydrogen-bond acceptors (Lipinski definition) is 2. The molecule has 0 spiro atoms. The molecule has 6 rings (SSSR count). The predicted molar refractivity (Wildman–Crippen MR) is 159 cm³/mol. The molecule has 0 radical (unpaired) electrons. The van der Waals surface area contributed by atoms with E-state index in [-0.39, 0.29) is 0 Å². The van der Waals surface area contributed by atoms with Crippen LogP contribution in [0.2, 0.25) is 0 Å². The summed E-state index contributed by atoms with van der Waals surface area (Å²) >= 11 is 0. The summed E-state index contributed by atoms with van der Waals surface area (Å²) in [5.74, 6) is 0.861. The molecule has 0 atom stereocenters. The molecule has 0 unspecified atom stereocenters. The van der Waals surface area contributed by atoms with Crippen LogP contribution in [0.1, 0.15) is 27.8 Å². The molecule has 38 heavy (non-hydrogen) atoms. The van der Waals surface area contributed by atoms with Crippen molar-refractivity contribution in [3.63, 3.8) is 0 Å². The fraction of sp³-hybridized carbons (Fsp3) is 0.114. The number of anilines is 1. The Balaban J connectivity index is 1.72. The van der Waals surface area contributed by atoms with Crippen molar-refractivity contribution < 1.29 is 0 Å². The summed E-state index contributed by atoms with van der Waals surface area (Å²) in [6, 6.07) is 45.3. The molecule has 0 aliphatic rings. The zero-order valence-corrected chi connectivity index (χ0v) is 22.0. The highest BCUT2D eigenvalue weighted by Crippen LogP contribution is 2.44. The number of aromatic nitrogens is 2. The van der Waals surface area contributed by atoms with Crippen LogP contribution in [0.25, 0.3) is 22.0 Å². The van der Waals surface area contributed by atoms with Crippen molar-refractivity contribution in [2.75, 3.05) is 12.4 Å². The Morgan fingerprint density at radius 1 is 0.605 bits per heavy atom. The van der Waals surface area contributed by atoms with Crippen LogP contribution >= 0.6 is 0 Å². The van der Waals surface area contributed by atoms with E-state index in [1.165, 1.54) is 22.3 Å². The Hall–Kier alpha value is -4.63. The normalized spacial score (nSPS) is 11.6. The maximum absolute atomic E-state index is 5.29. The molecule has 0 aliphatic carbocycles. The molecule has 6 aromatic rings. The van der Waals surface area contributed by atoms with E-state index < -0.39 is 5.54 Å². The van der Waals surface area contributed by atoms with Gasteiger partial charge in [0.05, 0.1) is 5.52 Å². The molecule has 0 fully saturated rings. The molecule has 0 saturated heterocycles. The lowest BCUT2D eigenvalue weighted by Crippen LogP contribution is -2.38. The minimum Gasteiger partial charge on any atom is -0.371 e. The van der Waals surface area contributed by atoms with Crippen molar-refractivity contribution in [2.24, 2.45) is 0 Å². The monoisotopic (exact) mass is 493 g/mol. The van der Waals surface area contributed by atoms with Gasteiger partial charge in [0.25, 0.3) is 0 Å². The summed E-state index contributed by atoms with van der Waals surface area (Å²) in [5.41, 5.74) is 8.90. The van der Waals surface area contributed by atoms with Gasteiger partial charge in [0.2, 0.25) is 0 Å². The minimum atomic E-state index is -0.669. The average molecular weight is 494 g/mol. The number of aryl methyl sites for hydroxylation is 2. The number of fused-ring (bicyclic) bond motifs is 1. The molecule has 1 heterocycles. The molecule has 0 amide bonds. The fourth-order valence-corrected chi connectivity index (χ4v) is 5.89. The van der Waals surface area contributed by atoms with E-state index in [1.807, 2.05) is 7.05 Å². The van der Waals surface area contributed by atoms with Crippen LogP contribution < -0.4 is 5.32 Å². The van der Waals surface area contributed by atoms with E-state index in [0.29, 0.717) is 0 Å². The van der Waals surface area contributed by atoms with Gasteiger partial charge in [0, 0.05) is 12.4 Å². The molecular weight excluding hydrogens is 462 g/mol. The van der Waals surface area contributed by atoms with Gasteiger partial charge < -0.3 is 5.32 Å². The van der Waals surface area contributed by atoms with Crippen LogP contribution in [-0.2, 0) is 5.54 Å². The SMILES string of the molecule is CNc1nn(C(c2ccccc2)(c2ccccc2)c2ccccc2)c2ccc(-c3c(C)cccc3C)cc12. The summed E-state index contributed by atoms with van der Waals surface area (Å²) < 4.78 is 2.21. The molecule has 3 heteroatoms. The highest BCUT2D eigenvalue weighted by molar-refractivity contribution is 5.95. The largest absolute Gasteiger partial charge is 0.371 e. The van der Waals surface area contributed by atoms with Crippen molar-refractivity contribution in [2.45, 2.75) is 19.4 Å². The minimum absolute atomic E-state index is 0.669. The number of nitrogens with one attached hydrogen (secondary N) is 1. The second-order valence-corrected chi connectivity index (χ2v) is 9.82. The number of benzene rings is 5. The van der Waals surface area contributed by atoms with Crippen molar-refractivity contribution in [3.05, 3.63) is 155 Å². The van der Waals surface area contributed by atoms with E-state index in [2.05, 4.69) is 151 Å². The highest BCUT2D eigenvalue weighted by Gasteiger charge is 2.40. The molecule has 3 nitrogen and oxygen atoms in total. The van der Waals surface area contributed by atoms with E-state index in [4.69, 9.17) is 5.10 Å². The Kier molecular flexibility index (Phi) is 6.05. The summed E-state index contributed by atoms with van der Waals surface area (Å²) in [6.07, 6.45) is 0. The molecule has 1 N–H and O–H groups in total. The van der Waals surface area contributed by atoms with Crippen LogP contribution in [0.5, 0.6) is 0 Å². The summed E-state index contributed by atoms with van der Waals surface area (Å²) in [6.45, 7) is 4.36. The van der Waals surface area contributed by atoms with Crippen molar-refractivity contribution in [1.82, 2.24) is 9.78 Å². The van der Waals surface area contributed by atoms with Crippen LogP contribution in [0.3, 0.4) is 0 Å². The van der Waals surface area contributed by atoms with Crippen molar-refractivity contribution >= 4 is 16.7 Å². The van der Waals surface area contributed by atoms with E-state index in [0.717, 1.165) is 33.4 Å². The lowest BCUT2D eigenvalue weighted by atomic mass is 9.77. The Morgan fingerprint density at radius 2 is 1.11 bits per heavy atom. The van der Waals surface area contributed by atoms with E-state index in [1.54, 1.807) is 0 Å². The maximum atomic E-state index is 5.29. The van der Waals surface area contributed by atoms with Crippen molar-refractivity contribution in [1.29, 1.82) is 0 Å². The molecule has 0 aliphatic heterocycles. The first-order valence-electron chi connectivity index (χ1n) is 13.1. The summed E-state index contributed by atoms with van der Waals surface area (Å²) in [4.78, 5) is 0.